The van der Waals surface area contributed by atoms with Crippen molar-refractivity contribution in [3.8, 4) is 12.1 Å². The minimum Gasteiger partial charge on any atom is -0.445 e. The second-order valence-electron chi connectivity index (χ2n) is 6.40. The van der Waals surface area contributed by atoms with Gasteiger partial charge in [-0.05, 0) is 18.2 Å². The van der Waals surface area contributed by atoms with Crippen LogP contribution in [0.4, 0.5) is 5.69 Å². The van der Waals surface area contributed by atoms with Crippen molar-refractivity contribution in [2.45, 2.75) is 39.0 Å². The molecule has 1 aromatic heterocycles. The second kappa shape index (κ2) is 6.97. The number of carbonyl (C=O) groups excluding carboxylic acids is 1. The van der Waals surface area contributed by atoms with Gasteiger partial charge in [0, 0.05) is 23.9 Å². The summed E-state index contributed by atoms with van der Waals surface area (Å²) in [7, 11) is 0. The SMILES string of the molecule is CC(C)(C)c1cnc(CCC(=O)Nc2ccc(C#N)c(C#N)c2)o1. The number of aromatic nitrogens is 1. The number of hydrogen-bond donors (Lipinski definition) is 1. The molecule has 0 aliphatic carbocycles. The fourth-order valence-electron chi connectivity index (χ4n) is 2.03. The maximum Gasteiger partial charge on any atom is 0.224 e. The molecule has 2 rings (SSSR count). The summed E-state index contributed by atoms with van der Waals surface area (Å²) in [6.07, 6.45) is 2.29. The van der Waals surface area contributed by atoms with Crippen LogP contribution in [-0.4, -0.2) is 10.9 Å². The number of rotatable bonds is 4. The van der Waals surface area contributed by atoms with E-state index in [9.17, 15) is 4.79 Å². The first kappa shape index (κ1) is 17.2. The van der Waals surface area contributed by atoms with Gasteiger partial charge >= 0.3 is 0 Å². The van der Waals surface area contributed by atoms with Gasteiger partial charge in [0.2, 0.25) is 5.91 Å². The Morgan fingerprint density at radius 1 is 1.25 bits per heavy atom. The molecular weight excluding hydrogens is 304 g/mol. The fourth-order valence-corrected chi connectivity index (χ4v) is 2.03. The lowest BCUT2D eigenvalue weighted by atomic mass is 9.94. The molecular formula is C18H18N4O2. The molecule has 1 aromatic carbocycles. The van der Waals surface area contributed by atoms with Crippen molar-refractivity contribution < 1.29 is 9.21 Å². The van der Waals surface area contributed by atoms with Gasteiger partial charge in [-0.1, -0.05) is 20.8 Å². The van der Waals surface area contributed by atoms with Gasteiger partial charge in [0.25, 0.3) is 0 Å². The molecule has 6 heteroatoms. The monoisotopic (exact) mass is 322 g/mol. The fraction of sp³-hybridized carbons (Fsp3) is 0.333. The van der Waals surface area contributed by atoms with Gasteiger partial charge in [-0.15, -0.1) is 0 Å². The highest BCUT2D eigenvalue weighted by molar-refractivity contribution is 5.91. The molecule has 122 valence electrons. The molecule has 0 spiro atoms. The Labute approximate surface area is 140 Å². The summed E-state index contributed by atoms with van der Waals surface area (Å²) in [6, 6.07) is 8.46. The van der Waals surface area contributed by atoms with Gasteiger partial charge in [0.15, 0.2) is 5.89 Å². The first-order chi connectivity index (χ1) is 11.3. The van der Waals surface area contributed by atoms with Gasteiger partial charge in [-0.2, -0.15) is 10.5 Å². The summed E-state index contributed by atoms with van der Waals surface area (Å²) >= 11 is 0. The highest BCUT2D eigenvalue weighted by Gasteiger charge is 2.19. The Balaban J connectivity index is 1.96. The minimum atomic E-state index is -0.209. The molecule has 6 nitrogen and oxygen atoms in total. The van der Waals surface area contributed by atoms with E-state index >= 15 is 0 Å². The third kappa shape index (κ3) is 4.21. The number of benzene rings is 1. The summed E-state index contributed by atoms with van der Waals surface area (Å²) in [4.78, 5) is 16.2. The van der Waals surface area contributed by atoms with Crippen LogP contribution >= 0.6 is 0 Å². The number of oxazole rings is 1. The molecule has 0 saturated heterocycles. The highest BCUT2D eigenvalue weighted by atomic mass is 16.4. The molecule has 1 heterocycles. The van der Waals surface area contributed by atoms with Crippen molar-refractivity contribution in [3.05, 3.63) is 47.2 Å². The Morgan fingerprint density at radius 3 is 2.54 bits per heavy atom. The summed E-state index contributed by atoms with van der Waals surface area (Å²) in [5.74, 6) is 1.09. The lowest BCUT2D eigenvalue weighted by molar-refractivity contribution is -0.116. The van der Waals surface area contributed by atoms with Gasteiger partial charge in [0.1, 0.15) is 17.9 Å². The van der Waals surface area contributed by atoms with Crippen molar-refractivity contribution in [3.63, 3.8) is 0 Å². The van der Waals surface area contributed by atoms with E-state index in [1.165, 1.54) is 12.1 Å². The number of nitrogens with zero attached hydrogens (tertiary/aromatic N) is 3. The Morgan fingerprint density at radius 2 is 1.96 bits per heavy atom. The number of nitrogens with one attached hydrogen (secondary N) is 1. The third-order valence-corrected chi connectivity index (χ3v) is 3.40. The van der Waals surface area contributed by atoms with Crippen LogP contribution < -0.4 is 5.32 Å². The highest BCUT2D eigenvalue weighted by Crippen LogP contribution is 2.23. The van der Waals surface area contributed by atoms with Crippen LogP contribution in [0.2, 0.25) is 0 Å². The molecule has 2 aromatic rings. The molecule has 1 N–H and O–H groups in total. The zero-order valence-electron chi connectivity index (χ0n) is 13.9. The lowest BCUT2D eigenvalue weighted by Crippen LogP contribution is -2.12. The Hall–Kier alpha value is -3.12. The topological polar surface area (TPSA) is 103 Å². The van der Waals surface area contributed by atoms with Crippen LogP contribution in [0.15, 0.2) is 28.8 Å². The first-order valence-corrected chi connectivity index (χ1v) is 7.53. The third-order valence-electron chi connectivity index (χ3n) is 3.40. The molecule has 0 unspecified atom stereocenters. The van der Waals surface area contributed by atoms with Crippen LogP contribution in [0.25, 0.3) is 0 Å². The van der Waals surface area contributed by atoms with Crippen molar-refractivity contribution in [1.29, 1.82) is 10.5 Å². The van der Waals surface area contributed by atoms with E-state index in [0.29, 0.717) is 18.0 Å². The van der Waals surface area contributed by atoms with Gasteiger partial charge in [-0.25, -0.2) is 4.98 Å². The van der Waals surface area contributed by atoms with Gasteiger partial charge in [0.05, 0.1) is 17.3 Å². The van der Waals surface area contributed by atoms with Crippen molar-refractivity contribution >= 4 is 11.6 Å². The zero-order valence-corrected chi connectivity index (χ0v) is 13.9. The predicted octanol–water partition coefficient (Wildman–Crippen LogP) is 3.29. The van der Waals surface area contributed by atoms with E-state index in [2.05, 4.69) is 10.3 Å². The van der Waals surface area contributed by atoms with Crippen molar-refractivity contribution in [2.24, 2.45) is 0 Å². The first-order valence-electron chi connectivity index (χ1n) is 7.53. The molecule has 24 heavy (non-hydrogen) atoms. The normalized spacial score (nSPS) is 10.7. The summed E-state index contributed by atoms with van der Waals surface area (Å²) < 4.78 is 5.65. The number of aryl methyl sites for hydroxylation is 1. The molecule has 0 aliphatic heterocycles. The largest absolute Gasteiger partial charge is 0.445 e. The molecule has 0 aliphatic rings. The average Bonchev–Trinajstić information content (AvgIpc) is 3.02. The van der Waals surface area contributed by atoms with Crippen LogP contribution in [-0.2, 0) is 16.6 Å². The molecule has 1 amide bonds. The Kier molecular flexibility index (Phi) is 5.01. The van der Waals surface area contributed by atoms with Crippen LogP contribution in [0.5, 0.6) is 0 Å². The number of carbonyl (C=O) groups is 1. The number of anilines is 1. The molecule has 0 fully saturated rings. The second-order valence-corrected chi connectivity index (χ2v) is 6.40. The number of nitriles is 2. The van der Waals surface area contributed by atoms with Gasteiger partial charge < -0.3 is 9.73 Å². The van der Waals surface area contributed by atoms with E-state index in [4.69, 9.17) is 14.9 Å². The Bertz CT molecular complexity index is 832. The maximum absolute atomic E-state index is 12.0. The van der Waals surface area contributed by atoms with E-state index < -0.39 is 0 Å². The number of amides is 1. The molecule has 0 atom stereocenters. The quantitative estimate of drug-likeness (QED) is 0.930. The predicted molar refractivity (Wildman–Crippen MR) is 88.0 cm³/mol. The zero-order chi connectivity index (χ0) is 17.7. The number of hydrogen-bond acceptors (Lipinski definition) is 5. The molecule has 0 radical (unpaired) electrons. The maximum atomic E-state index is 12.0. The van der Waals surface area contributed by atoms with E-state index in [1.807, 2.05) is 32.9 Å². The van der Waals surface area contributed by atoms with Crippen molar-refractivity contribution in [2.75, 3.05) is 5.32 Å². The molecule has 0 bridgehead atoms. The van der Waals surface area contributed by atoms with E-state index in [1.54, 1.807) is 12.3 Å². The van der Waals surface area contributed by atoms with Crippen LogP contribution in [0.3, 0.4) is 0 Å². The standard InChI is InChI=1S/C18H18N4O2/c1-18(2,3)15-11-21-17(24-15)7-6-16(23)22-14-5-4-12(9-19)13(8-14)10-20/h4-5,8,11H,6-7H2,1-3H3,(H,22,23). The average molecular weight is 322 g/mol. The van der Waals surface area contributed by atoms with Crippen molar-refractivity contribution in [1.82, 2.24) is 4.98 Å². The van der Waals surface area contributed by atoms with Crippen LogP contribution in [0, 0.1) is 22.7 Å². The smallest absolute Gasteiger partial charge is 0.224 e. The van der Waals surface area contributed by atoms with E-state index in [0.717, 1.165) is 5.76 Å². The molecule has 0 saturated carbocycles. The van der Waals surface area contributed by atoms with E-state index in [-0.39, 0.29) is 28.9 Å². The summed E-state index contributed by atoms with van der Waals surface area (Å²) in [6.45, 7) is 6.09. The van der Waals surface area contributed by atoms with Gasteiger partial charge in [-0.3, -0.25) is 4.79 Å². The van der Waals surface area contributed by atoms with Crippen LogP contribution in [0.1, 0.15) is 50.0 Å². The summed E-state index contributed by atoms with van der Waals surface area (Å²) in [5, 5.41) is 20.6. The summed E-state index contributed by atoms with van der Waals surface area (Å²) in [5.41, 5.74) is 0.880. The lowest BCUT2D eigenvalue weighted by Gasteiger charge is -2.13. The minimum absolute atomic E-state index is 0.121.